The van der Waals surface area contributed by atoms with E-state index in [1.165, 1.54) is 0 Å². The van der Waals surface area contributed by atoms with Crippen molar-refractivity contribution in [3.05, 3.63) is 23.8 Å². The Morgan fingerprint density at radius 1 is 1.29 bits per heavy atom. The number of amides is 1. The first-order chi connectivity index (χ1) is 11.0. The number of carbonyl (C=O) groups is 1. The summed E-state index contributed by atoms with van der Waals surface area (Å²) >= 11 is 0. The fraction of sp³-hybridized carbons (Fsp3) is 0.611. The molecule has 0 bridgehead atoms. The van der Waals surface area contributed by atoms with Gasteiger partial charge < -0.3 is 20.1 Å². The van der Waals surface area contributed by atoms with Gasteiger partial charge in [0, 0.05) is 18.5 Å². The quantitative estimate of drug-likeness (QED) is 0.822. The van der Waals surface area contributed by atoms with E-state index < -0.39 is 0 Å². The van der Waals surface area contributed by atoms with Crippen molar-refractivity contribution >= 4 is 18.3 Å². The molecule has 2 rings (SSSR count). The molecule has 1 fully saturated rings. The average Bonchev–Trinajstić information content (AvgIpc) is 2.59. The number of ether oxygens (including phenoxy) is 2. The van der Waals surface area contributed by atoms with Gasteiger partial charge in [0.25, 0.3) is 0 Å². The Morgan fingerprint density at radius 2 is 2.00 bits per heavy atom. The van der Waals surface area contributed by atoms with Crippen LogP contribution < -0.4 is 20.1 Å². The molecule has 0 aromatic heterocycles. The van der Waals surface area contributed by atoms with Gasteiger partial charge in [-0.2, -0.15) is 0 Å². The fourth-order valence-corrected chi connectivity index (χ4v) is 2.89. The molecule has 1 aliphatic rings. The summed E-state index contributed by atoms with van der Waals surface area (Å²) in [5, 5.41) is 6.39. The molecule has 1 saturated heterocycles. The normalized spacial score (nSPS) is 17.6. The minimum Gasteiger partial charge on any atom is -0.493 e. The molecule has 1 unspecified atom stereocenters. The van der Waals surface area contributed by atoms with E-state index in [9.17, 15) is 4.79 Å². The summed E-state index contributed by atoms with van der Waals surface area (Å²) in [5.41, 5.74) is 0.925. The van der Waals surface area contributed by atoms with Crippen LogP contribution in [0.2, 0.25) is 0 Å². The molecule has 5 nitrogen and oxygen atoms in total. The van der Waals surface area contributed by atoms with Crippen LogP contribution in [0.4, 0.5) is 0 Å². The van der Waals surface area contributed by atoms with Crippen molar-refractivity contribution in [1.82, 2.24) is 10.6 Å². The number of rotatable bonds is 6. The highest BCUT2D eigenvalue weighted by atomic mass is 35.5. The van der Waals surface area contributed by atoms with Crippen LogP contribution in [0.1, 0.15) is 32.3 Å². The van der Waals surface area contributed by atoms with Gasteiger partial charge in [-0.1, -0.05) is 19.9 Å². The molecule has 1 aromatic carbocycles. The van der Waals surface area contributed by atoms with E-state index in [-0.39, 0.29) is 29.6 Å². The summed E-state index contributed by atoms with van der Waals surface area (Å²) in [7, 11) is 3.26. The first-order valence-corrected chi connectivity index (χ1v) is 8.19. The first kappa shape index (κ1) is 20.6. The Labute approximate surface area is 150 Å². The van der Waals surface area contributed by atoms with E-state index in [0.717, 1.165) is 31.5 Å². The van der Waals surface area contributed by atoms with E-state index in [4.69, 9.17) is 9.47 Å². The number of nitrogens with one attached hydrogen (secondary N) is 2. The van der Waals surface area contributed by atoms with E-state index in [0.29, 0.717) is 18.0 Å². The second-order valence-electron chi connectivity index (χ2n) is 6.71. The monoisotopic (exact) mass is 356 g/mol. The predicted octanol–water partition coefficient (Wildman–Crippen LogP) is 2.52. The molecule has 24 heavy (non-hydrogen) atoms. The number of piperidine rings is 1. The van der Waals surface area contributed by atoms with Crippen LogP contribution in [0.15, 0.2) is 18.2 Å². The largest absolute Gasteiger partial charge is 0.493 e. The lowest BCUT2D eigenvalue weighted by Gasteiger charge is -2.28. The highest BCUT2D eigenvalue weighted by Crippen LogP contribution is 2.32. The lowest BCUT2D eigenvalue weighted by Crippen LogP contribution is -2.44. The molecule has 1 aromatic rings. The summed E-state index contributed by atoms with van der Waals surface area (Å²) in [6, 6.07) is 5.91. The second-order valence-corrected chi connectivity index (χ2v) is 6.71. The van der Waals surface area contributed by atoms with Crippen molar-refractivity contribution < 1.29 is 14.3 Å². The van der Waals surface area contributed by atoms with Crippen molar-refractivity contribution in [3.8, 4) is 11.5 Å². The summed E-state index contributed by atoms with van der Waals surface area (Å²) in [4.78, 5) is 12.3. The molecule has 0 saturated carbocycles. The third-order valence-electron chi connectivity index (χ3n) is 4.54. The zero-order valence-electron chi connectivity index (χ0n) is 15.0. The van der Waals surface area contributed by atoms with E-state index in [2.05, 4.69) is 24.5 Å². The van der Waals surface area contributed by atoms with Gasteiger partial charge in [-0.05, 0) is 37.1 Å². The third kappa shape index (κ3) is 5.02. The van der Waals surface area contributed by atoms with Crippen LogP contribution >= 0.6 is 12.4 Å². The third-order valence-corrected chi connectivity index (χ3v) is 4.54. The van der Waals surface area contributed by atoms with Crippen LogP contribution in [-0.2, 0) is 10.2 Å². The summed E-state index contributed by atoms with van der Waals surface area (Å²) in [6.07, 6.45) is 2.03. The van der Waals surface area contributed by atoms with E-state index >= 15 is 0 Å². The van der Waals surface area contributed by atoms with Crippen molar-refractivity contribution in [2.45, 2.75) is 32.1 Å². The highest BCUT2D eigenvalue weighted by Gasteiger charge is 2.26. The zero-order valence-corrected chi connectivity index (χ0v) is 15.8. The Kier molecular flexibility index (Phi) is 7.84. The van der Waals surface area contributed by atoms with Gasteiger partial charge in [0.05, 0.1) is 20.1 Å². The topological polar surface area (TPSA) is 59.6 Å². The molecule has 0 spiro atoms. The van der Waals surface area contributed by atoms with Crippen LogP contribution in [-0.4, -0.2) is 39.8 Å². The number of carbonyl (C=O) groups excluding carboxylic acids is 1. The predicted molar refractivity (Wildman–Crippen MR) is 98.4 cm³/mol. The standard InChI is InChI=1S/C18H28N2O3.ClH/c1-18(2,12-20-17(21)13-6-5-9-19-11-13)14-7-8-15(22-3)16(10-14)23-4;/h7-8,10,13,19H,5-6,9,11-12H2,1-4H3,(H,20,21);1H. The minimum atomic E-state index is -0.183. The van der Waals surface area contributed by atoms with E-state index in [1.54, 1.807) is 14.2 Å². The van der Waals surface area contributed by atoms with Crippen molar-refractivity contribution in [1.29, 1.82) is 0 Å². The van der Waals surface area contributed by atoms with Crippen LogP contribution in [0.25, 0.3) is 0 Å². The van der Waals surface area contributed by atoms with Crippen molar-refractivity contribution in [2.75, 3.05) is 33.9 Å². The molecule has 1 amide bonds. The van der Waals surface area contributed by atoms with Gasteiger partial charge in [-0.3, -0.25) is 4.79 Å². The summed E-state index contributed by atoms with van der Waals surface area (Å²) in [5.74, 6) is 1.65. The zero-order chi connectivity index (χ0) is 16.9. The van der Waals surface area contributed by atoms with Gasteiger partial charge in [-0.15, -0.1) is 12.4 Å². The fourth-order valence-electron chi connectivity index (χ4n) is 2.89. The number of benzene rings is 1. The molecule has 1 atom stereocenters. The number of hydrogen-bond acceptors (Lipinski definition) is 4. The summed E-state index contributed by atoms with van der Waals surface area (Å²) in [6.45, 7) is 6.63. The van der Waals surface area contributed by atoms with Gasteiger partial charge in [-0.25, -0.2) is 0 Å². The molecule has 2 N–H and O–H groups in total. The van der Waals surface area contributed by atoms with Gasteiger partial charge in [0.15, 0.2) is 11.5 Å². The maximum Gasteiger partial charge on any atom is 0.224 e. The Hall–Kier alpha value is -1.46. The van der Waals surface area contributed by atoms with Crippen molar-refractivity contribution in [3.63, 3.8) is 0 Å². The molecule has 1 aliphatic heterocycles. The molecule has 136 valence electrons. The maximum absolute atomic E-state index is 12.3. The number of hydrogen-bond donors (Lipinski definition) is 2. The minimum absolute atomic E-state index is 0. The average molecular weight is 357 g/mol. The number of methoxy groups -OCH3 is 2. The van der Waals surface area contributed by atoms with Gasteiger partial charge in [0.2, 0.25) is 5.91 Å². The lowest BCUT2D eigenvalue weighted by molar-refractivity contribution is -0.125. The smallest absolute Gasteiger partial charge is 0.224 e. The maximum atomic E-state index is 12.3. The highest BCUT2D eigenvalue weighted by molar-refractivity contribution is 5.85. The van der Waals surface area contributed by atoms with Crippen molar-refractivity contribution in [2.24, 2.45) is 5.92 Å². The number of halogens is 1. The SMILES string of the molecule is COc1ccc(C(C)(C)CNC(=O)C2CCCNC2)cc1OC.Cl. The first-order valence-electron chi connectivity index (χ1n) is 8.19. The molecular weight excluding hydrogens is 328 g/mol. The van der Waals surface area contributed by atoms with Gasteiger partial charge in [0.1, 0.15) is 0 Å². The molecule has 6 heteroatoms. The van der Waals surface area contributed by atoms with Crippen LogP contribution in [0.5, 0.6) is 11.5 Å². The van der Waals surface area contributed by atoms with E-state index in [1.807, 2.05) is 18.2 Å². The van der Waals surface area contributed by atoms with Crippen LogP contribution in [0, 0.1) is 5.92 Å². The van der Waals surface area contributed by atoms with Crippen LogP contribution in [0.3, 0.4) is 0 Å². The Balaban J connectivity index is 0.00000288. The summed E-state index contributed by atoms with van der Waals surface area (Å²) < 4.78 is 10.7. The molecular formula is C18H29ClN2O3. The Bertz CT molecular complexity index is 543. The Morgan fingerprint density at radius 3 is 2.58 bits per heavy atom. The molecule has 1 heterocycles. The molecule has 0 aliphatic carbocycles. The molecule has 0 radical (unpaired) electrons. The lowest BCUT2D eigenvalue weighted by atomic mass is 9.84. The second kappa shape index (κ2) is 9.14. The van der Waals surface area contributed by atoms with Gasteiger partial charge >= 0.3 is 0 Å².